The molecule has 6 aromatic rings. The molecule has 0 bridgehead atoms. The standard InChI is InChI=1S/C38H32ClFN4O5S/c1-2-48-33-12-14-44(27-7-5-26(40)6-8-27)38(46)36(33)31(45)20-24-4-10-32(28(39)19-24)49-34-11-13-41-30-21-35(50-37(30)34)29-9-3-25(22-42-29)23-43-15-17-47-18-16-43/h3-14,19,21-22H,2,15-18,20,23H2,1H3. The number of benzene rings is 2. The van der Waals surface area contributed by atoms with Crippen LogP contribution in [0.25, 0.3) is 26.5 Å². The molecule has 7 rings (SSSR count). The van der Waals surface area contributed by atoms with E-state index >= 15 is 0 Å². The van der Waals surface area contributed by atoms with Crippen molar-refractivity contribution < 1.29 is 23.4 Å². The zero-order chi connectivity index (χ0) is 34.6. The van der Waals surface area contributed by atoms with Crippen LogP contribution in [0.1, 0.15) is 28.4 Å². The maximum Gasteiger partial charge on any atom is 0.269 e. The van der Waals surface area contributed by atoms with Crippen molar-refractivity contribution >= 4 is 38.9 Å². The number of carbonyl (C=O) groups excluding carboxylic acids is 1. The predicted molar refractivity (Wildman–Crippen MR) is 192 cm³/mol. The zero-order valence-corrected chi connectivity index (χ0v) is 28.7. The summed E-state index contributed by atoms with van der Waals surface area (Å²) in [5.41, 5.74) is 3.15. The summed E-state index contributed by atoms with van der Waals surface area (Å²) >= 11 is 8.22. The average Bonchev–Trinajstić information content (AvgIpc) is 3.56. The summed E-state index contributed by atoms with van der Waals surface area (Å²) in [4.78, 5) is 39.7. The number of thiophene rings is 1. The maximum absolute atomic E-state index is 13.6. The van der Waals surface area contributed by atoms with Crippen molar-refractivity contribution in [2.45, 2.75) is 19.9 Å². The fourth-order valence-electron chi connectivity index (χ4n) is 5.79. The summed E-state index contributed by atoms with van der Waals surface area (Å²) < 4.78 is 33.0. The lowest BCUT2D eigenvalue weighted by atomic mass is 10.0. The molecule has 0 amide bonds. The van der Waals surface area contributed by atoms with Crippen molar-refractivity contribution in [2.75, 3.05) is 32.9 Å². The Balaban J connectivity index is 1.08. The van der Waals surface area contributed by atoms with Crippen molar-refractivity contribution in [1.29, 1.82) is 0 Å². The maximum atomic E-state index is 13.6. The van der Waals surface area contributed by atoms with E-state index in [2.05, 4.69) is 16.0 Å². The molecular formula is C38H32ClFN4O5S. The molecule has 0 radical (unpaired) electrons. The first-order chi connectivity index (χ1) is 24.4. The molecule has 0 spiro atoms. The molecule has 12 heteroatoms. The number of Topliss-reactive ketones (excluding diaryl/α,β-unsaturated/α-hetero) is 1. The van der Waals surface area contributed by atoms with Gasteiger partial charge in [0.15, 0.2) is 5.78 Å². The Hall–Kier alpha value is -4.94. The highest BCUT2D eigenvalue weighted by Gasteiger charge is 2.21. The Labute approximate surface area is 296 Å². The van der Waals surface area contributed by atoms with Gasteiger partial charge in [-0.05, 0) is 72.6 Å². The fraction of sp³-hybridized carbons (Fsp3) is 0.211. The lowest BCUT2D eigenvalue weighted by Crippen LogP contribution is -2.35. The molecule has 0 aliphatic carbocycles. The second-order valence-corrected chi connectivity index (χ2v) is 13.1. The van der Waals surface area contributed by atoms with Gasteiger partial charge in [-0.25, -0.2) is 4.39 Å². The summed E-state index contributed by atoms with van der Waals surface area (Å²) in [5.74, 6) is 0.310. The van der Waals surface area contributed by atoms with E-state index in [0.717, 1.165) is 59.2 Å². The molecule has 0 atom stereocenters. The predicted octanol–water partition coefficient (Wildman–Crippen LogP) is 7.75. The second kappa shape index (κ2) is 14.9. The third-order valence-corrected chi connectivity index (χ3v) is 9.74. The van der Waals surface area contributed by atoms with Crippen molar-refractivity contribution in [3.63, 3.8) is 0 Å². The van der Waals surface area contributed by atoms with Crippen molar-refractivity contribution in [3.8, 4) is 33.5 Å². The number of nitrogens with zero attached hydrogens (tertiary/aromatic N) is 4. The molecule has 50 heavy (non-hydrogen) atoms. The molecule has 5 heterocycles. The zero-order valence-electron chi connectivity index (χ0n) is 27.1. The molecule has 1 aliphatic heterocycles. The molecule has 0 unspecified atom stereocenters. The Morgan fingerprint density at radius 1 is 0.960 bits per heavy atom. The van der Waals surface area contributed by atoms with Crippen LogP contribution in [0.5, 0.6) is 17.2 Å². The number of carbonyl (C=O) groups is 1. The third-order valence-electron chi connectivity index (χ3n) is 8.28. The number of pyridine rings is 3. The van der Waals surface area contributed by atoms with E-state index in [1.807, 2.05) is 18.3 Å². The van der Waals surface area contributed by atoms with Gasteiger partial charge in [0.1, 0.15) is 28.6 Å². The number of morpholine rings is 1. The average molecular weight is 711 g/mol. The molecule has 0 N–H and O–H groups in total. The first-order valence-corrected chi connectivity index (χ1v) is 17.3. The minimum absolute atomic E-state index is 0.0935. The summed E-state index contributed by atoms with van der Waals surface area (Å²) in [6, 6.07) is 20.0. The van der Waals surface area contributed by atoms with Crippen LogP contribution in [0, 0.1) is 5.82 Å². The number of ketones is 1. The van der Waals surface area contributed by atoms with Crippen LogP contribution in [-0.4, -0.2) is 58.1 Å². The van der Waals surface area contributed by atoms with Crippen molar-refractivity contribution in [2.24, 2.45) is 0 Å². The second-order valence-electron chi connectivity index (χ2n) is 11.7. The van der Waals surface area contributed by atoms with Crippen LogP contribution in [0.2, 0.25) is 5.02 Å². The lowest BCUT2D eigenvalue weighted by molar-refractivity contribution is 0.0341. The molecular weight excluding hydrogens is 679 g/mol. The topological polar surface area (TPSA) is 95.8 Å². The molecule has 0 saturated carbocycles. The van der Waals surface area contributed by atoms with E-state index in [-0.39, 0.29) is 24.3 Å². The minimum atomic E-state index is -0.560. The summed E-state index contributed by atoms with van der Waals surface area (Å²) in [6.07, 6.45) is 5.01. The molecule has 1 saturated heterocycles. The van der Waals surface area contributed by atoms with Crippen molar-refractivity contribution in [3.05, 3.63) is 129 Å². The molecule has 254 valence electrons. The number of ether oxygens (including phenoxy) is 3. The molecule has 1 aliphatic rings. The van der Waals surface area contributed by atoms with Gasteiger partial charge in [0.25, 0.3) is 5.56 Å². The van der Waals surface area contributed by atoms with Gasteiger partial charge in [-0.2, -0.15) is 0 Å². The smallest absolute Gasteiger partial charge is 0.269 e. The minimum Gasteiger partial charge on any atom is -0.493 e. The molecule has 1 fully saturated rings. The van der Waals surface area contributed by atoms with Crippen LogP contribution in [0.15, 0.2) is 96.2 Å². The monoisotopic (exact) mass is 710 g/mol. The van der Waals surface area contributed by atoms with Gasteiger partial charge in [-0.3, -0.25) is 29.0 Å². The van der Waals surface area contributed by atoms with Gasteiger partial charge in [0.05, 0.1) is 45.6 Å². The van der Waals surface area contributed by atoms with Crippen LogP contribution >= 0.6 is 22.9 Å². The van der Waals surface area contributed by atoms with Crippen LogP contribution in [0.3, 0.4) is 0 Å². The van der Waals surface area contributed by atoms with Gasteiger partial charge in [0.2, 0.25) is 0 Å². The Bertz CT molecular complexity index is 2220. The fourth-order valence-corrected chi connectivity index (χ4v) is 7.07. The Morgan fingerprint density at radius 2 is 1.76 bits per heavy atom. The largest absolute Gasteiger partial charge is 0.493 e. The van der Waals surface area contributed by atoms with E-state index in [1.165, 1.54) is 46.4 Å². The summed E-state index contributed by atoms with van der Waals surface area (Å²) in [6.45, 7) is 6.24. The number of halogens is 2. The van der Waals surface area contributed by atoms with Crippen molar-refractivity contribution in [1.82, 2.24) is 19.4 Å². The highest BCUT2D eigenvalue weighted by Crippen LogP contribution is 2.40. The van der Waals surface area contributed by atoms with E-state index < -0.39 is 17.2 Å². The Morgan fingerprint density at radius 3 is 2.50 bits per heavy atom. The Kier molecular flexibility index (Phi) is 9.99. The number of fused-ring (bicyclic) bond motifs is 1. The van der Waals surface area contributed by atoms with Gasteiger partial charge in [-0.1, -0.05) is 23.7 Å². The number of aromatic nitrogens is 3. The van der Waals surface area contributed by atoms with Crippen LogP contribution < -0.4 is 15.0 Å². The normalized spacial score (nSPS) is 13.4. The first-order valence-electron chi connectivity index (χ1n) is 16.1. The van der Waals surface area contributed by atoms with Crippen LogP contribution in [0.4, 0.5) is 4.39 Å². The summed E-state index contributed by atoms with van der Waals surface area (Å²) in [5, 5.41) is 0.302. The van der Waals surface area contributed by atoms with Gasteiger partial charge >= 0.3 is 0 Å². The quantitative estimate of drug-likeness (QED) is 0.126. The number of hydrogen-bond acceptors (Lipinski definition) is 9. The van der Waals surface area contributed by atoms with Gasteiger partial charge < -0.3 is 14.2 Å². The van der Waals surface area contributed by atoms with E-state index in [4.69, 9.17) is 30.8 Å². The van der Waals surface area contributed by atoms with Crippen LogP contribution in [-0.2, 0) is 17.7 Å². The molecule has 4 aromatic heterocycles. The molecule has 9 nitrogen and oxygen atoms in total. The highest BCUT2D eigenvalue weighted by molar-refractivity contribution is 7.22. The first kappa shape index (κ1) is 33.6. The molecule has 2 aromatic carbocycles. The van der Waals surface area contributed by atoms with E-state index in [0.29, 0.717) is 27.8 Å². The van der Waals surface area contributed by atoms with E-state index in [1.54, 1.807) is 43.5 Å². The summed E-state index contributed by atoms with van der Waals surface area (Å²) in [7, 11) is 0. The van der Waals surface area contributed by atoms with Gasteiger partial charge in [0, 0.05) is 56.4 Å². The number of rotatable bonds is 11. The lowest BCUT2D eigenvalue weighted by Gasteiger charge is -2.26. The SMILES string of the molecule is CCOc1ccn(-c2ccc(F)cc2)c(=O)c1C(=O)Cc1ccc(Oc2ccnc3cc(-c4ccc(CN5CCOCC5)cn4)sc23)c(Cl)c1. The third kappa shape index (κ3) is 7.31. The highest BCUT2D eigenvalue weighted by atomic mass is 35.5. The van der Waals surface area contributed by atoms with Gasteiger partial charge in [-0.15, -0.1) is 11.3 Å². The van der Waals surface area contributed by atoms with E-state index in [9.17, 15) is 14.0 Å². The number of hydrogen-bond donors (Lipinski definition) is 0.